The third-order valence-electron chi connectivity index (χ3n) is 3.13. The Morgan fingerprint density at radius 2 is 1.80 bits per heavy atom. The molecule has 0 nitrogen and oxygen atoms in total. The van der Waals surface area contributed by atoms with Crippen LogP contribution < -0.4 is 0 Å². The molecule has 0 aliphatic heterocycles. The van der Waals surface area contributed by atoms with Crippen LogP contribution in [0.25, 0.3) is 0 Å². The first kappa shape index (κ1) is 12.7. The summed E-state index contributed by atoms with van der Waals surface area (Å²) >= 11 is 0. The van der Waals surface area contributed by atoms with Gasteiger partial charge in [-0.3, -0.25) is 0 Å². The maximum Gasteiger partial charge on any atom is -0.0112 e. The Kier molecular flexibility index (Phi) is 5.32. The molecule has 15 heavy (non-hydrogen) atoms. The molecular formula is C14H23P. The second-order valence-electron chi connectivity index (χ2n) is 4.48. The van der Waals surface area contributed by atoms with Crippen LogP contribution in [0, 0.1) is 0 Å². The Labute approximate surface area is 96.7 Å². The van der Waals surface area contributed by atoms with E-state index in [0.29, 0.717) is 5.16 Å². The van der Waals surface area contributed by atoms with Crippen LogP contribution in [0.1, 0.15) is 45.1 Å². The summed E-state index contributed by atoms with van der Waals surface area (Å²) in [4.78, 5) is 0. The van der Waals surface area contributed by atoms with E-state index in [1.165, 1.54) is 37.7 Å². The first-order valence-electron chi connectivity index (χ1n) is 6.03. The monoisotopic (exact) mass is 222 g/mol. The number of rotatable bonds is 6. The average molecular weight is 222 g/mol. The van der Waals surface area contributed by atoms with Gasteiger partial charge in [-0.25, -0.2) is 0 Å². The maximum atomic E-state index is 3.09. The Morgan fingerprint density at radius 1 is 1.13 bits per heavy atom. The van der Waals surface area contributed by atoms with E-state index in [4.69, 9.17) is 0 Å². The molecule has 0 saturated carbocycles. The molecule has 0 bridgehead atoms. The van der Waals surface area contributed by atoms with Crippen molar-refractivity contribution >= 4 is 9.24 Å². The minimum atomic E-state index is 0.414. The van der Waals surface area contributed by atoms with Crippen molar-refractivity contribution in [2.24, 2.45) is 0 Å². The molecule has 1 heteroatoms. The summed E-state index contributed by atoms with van der Waals surface area (Å²) in [7, 11) is 3.09. The third kappa shape index (κ3) is 4.34. The summed E-state index contributed by atoms with van der Waals surface area (Å²) in [6.07, 6.45) is 6.39. The van der Waals surface area contributed by atoms with Gasteiger partial charge in [0.25, 0.3) is 0 Å². The van der Waals surface area contributed by atoms with Crippen LogP contribution >= 0.6 is 9.24 Å². The Balaban J connectivity index is 2.59. The number of hydrogen-bond donors (Lipinski definition) is 0. The second-order valence-corrected chi connectivity index (χ2v) is 5.71. The van der Waals surface area contributed by atoms with E-state index in [9.17, 15) is 0 Å². The molecule has 0 N–H and O–H groups in total. The van der Waals surface area contributed by atoms with Crippen LogP contribution in [0.15, 0.2) is 30.3 Å². The van der Waals surface area contributed by atoms with E-state index in [1.54, 1.807) is 0 Å². The lowest BCUT2D eigenvalue weighted by atomic mass is 9.91. The highest BCUT2D eigenvalue weighted by Crippen LogP contribution is 2.32. The zero-order chi connectivity index (χ0) is 11.1. The van der Waals surface area contributed by atoms with Crippen molar-refractivity contribution in [1.82, 2.24) is 0 Å². The zero-order valence-corrected chi connectivity index (χ0v) is 11.2. The highest BCUT2D eigenvalue weighted by atomic mass is 31.0. The van der Waals surface area contributed by atoms with Gasteiger partial charge in [0, 0.05) is 0 Å². The van der Waals surface area contributed by atoms with Crippen molar-refractivity contribution in [1.29, 1.82) is 0 Å². The van der Waals surface area contributed by atoms with Gasteiger partial charge in [-0.2, -0.15) is 0 Å². The number of hydrogen-bond acceptors (Lipinski definition) is 0. The molecule has 1 rings (SSSR count). The molecule has 1 aromatic rings. The van der Waals surface area contributed by atoms with Gasteiger partial charge >= 0.3 is 0 Å². The summed E-state index contributed by atoms with van der Waals surface area (Å²) < 4.78 is 0. The van der Waals surface area contributed by atoms with Crippen molar-refractivity contribution in [3.8, 4) is 0 Å². The molecular weight excluding hydrogens is 199 g/mol. The molecule has 0 aromatic heterocycles. The minimum Gasteiger partial charge on any atom is -0.131 e. The molecule has 2 unspecified atom stereocenters. The first-order chi connectivity index (χ1) is 7.20. The fourth-order valence-electron chi connectivity index (χ4n) is 1.92. The lowest BCUT2D eigenvalue weighted by Gasteiger charge is -2.28. The van der Waals surface area contributed by atoms with Gasteiger partial charge < -0.3 is 0 Å². The highest BCUT2D eigenvalue weighted by molar-refractivity contribution is 7.19. The summed E-state index contributed by atoms with van der Waals surface area (Å²) in [5.41, 5.74) is 1.46. The third-order valence-corrected chi connectivity index (χ3v) is 4.03. The molecule has 0 aliphatic rings. The van der Waals surface area contributed by atoms with Gasteiger partial charge in [-0.15, -0.1) is 9.24 Å². The largest absolute Gasteiger partial charge is 0.131 e. The van der Waals surface area contributed by atoms with E-state index in [1.807, 2.05) is 0 Å². The Bertz CT molecular complexity index is 268. The molecule has 0 spiro atoms. The molecule has 0 aliphatic carbocycles. The van der Waals surface area contributed by atoms with Gasteiger partial charge in [-0.1, -0.05) is 57.0 Å². The number of benzene rings is 1. The van der Waals surface area contributed by atoms with E-state index < -0.39 is 0 Å². The smallest absolute Gasteiger partial charge is 0.0112 e. The molecule has 0 saturated heterocycles. The van der Waals surface area contributed by atoms with Crippen molar-refractivity contribution < 1.29 is 0 Å². The van der Waals surface area contributed by atoms with Gasteiger partial charge in [0.15, 0.2) is 0 Å². The van der Waals surface area contributed by atoms with Crippen LogP contribution in [0.5, 0.6) is 0 Å². The molecule has 0 fully saturated rings. The maximum absolute atomic E-state index is 3.09. The molecule has 84 valence electrons. The van der Waals surface area contributed by atoms with Crippen molar-refractivity contribution in [3.63, 3.8) is 0 Å². The summed E-state index contributed by atoms with van der Waals surface area (Å²) in [5.74, 6) is 0. The predicted octanol–water partition coefficient (Wildman–Crippen LogP) is 4.44. The molecule has 2 atom stereocenters. The first-order valence-corrected chi connectivity index (χ1v) is 6.61. The quantitative estimate of drug-likeness (QED) is 0.624. The van der Waals surface area contributed by atoms with Gasteiger partial charge in [0.05, 0.1) is 0 Å². The number of unbranched alkanes of at least 4 members (excludes halogenated alkanes) is 1. The topological polar surface area (TPSA) is 0 Å². The Morgan fingerprint density at radius 3 is 2.33 bits per heavy atom. The van der Waals surface area contributed by atoms with Crippen LogP contribution in [0.2, 0.25) is 0 Å². The van der Waals surface area contributed by atoms with Gasteiger partial charge in [-0.05, 0) is 30.0 Å². The predicted molar refractivity (Wildman–Crippen MR) is 72.4 cm³/mol. The molecule has 0 amide bonds. The van der Waals surface area contributed by atoms with Crippen molar-refractivity contribution in [2.45, 2.75) is 51.1 Å². The van der Waals surface area contributed by atoms with Crippen LogP contribution in [-0.4, -0.2) is 5.16 Å². The SMILES string of the molecule is CCCCC(P)(CC)Cc1ccccc1. The van der Waals surface area contributed by atoms with Crippen LogP contribution in [-0.2, 0) is 6.42 Å². The van der Waals surface area contributed by atoms with Crippen LogP contribution in [0.4, 0.5) is 0 Å². The van der Waals surface area contributed by atoms with E-state index >= 15 is 0 Å². The normalized spacial score (nSPS) is 14.9. The van der Waals surface area contributed by atoms with E-state index in [0.717, 1.165) is 0 Å². The molecule has 1 aromatic carbocycles. The van der Waals surface area contributed by atoms with E-state index in [-0.39, 0.29) is 0 Å². The second kappa shape index (κ2) is 6.28. The minimum absolute atomic E-state index is 0.414. The summed E-state index contributed by atoms with van der Waals surface area (Å²) in [6, 6.07) is 10.8. The van der Waals surface area contributed by atoms with Gasteiger partial charge in [0.1, 0.15) is 0 Å². The zero-order valence-electron chi connectivity index (χ0n) is 10.00. The Hall–Kier alpha value is -0.350. The molecule has 0 radical (unpaired) electrons. The molecule has 0 heterocycles. The van der Waals surface area contributed by atoms with Crippen molar-refractivity contribution in [2.75, 3.05) is 0 Å². The fourth-order valence-corrected chi connectivity index (χ4v) is 2.36. The van der Waals surface area contributed by atoms with Crippen molar-refractivity contribution in [3.05, 3.63) is 35.9 Å². The average Bonchev–Trinajstić information content (AvgIpc) is 2.28. The lowest BCUT2D eigenvalue weighted by Crippen LogP contribution is -2.22. The highest BCUT2D eigenvalue weighted by Gasteiger charge is 2.21. The standard InChI is InChI=1S/C14H23P/c1-3-5-11-14(15,4-2)12-13-9-7-6-8-10-13/h6-10H,3-5,11-12,15H2,1-2H3. The lowest BCUT2D eigenvalue weighted by molar-refractivity contribution is 0.496. The van der Waals surface area contributed by atoms with E-state index in [2.05, 4.69) is 53.4 Å². The van der Waals surface area contributed by atoms with Crippen LogP contribution in [0.3, 0.4) is 0 Å². The van der Waals surface area contributed by atoms with Gasteiger partial charge in [0.2, 0.25) is 0 Å². The summed E-state index contributed by atoms with van der Waals surface area (Å²) in [6.45, 7) is 4.56. The summed E-state index contributed by atoms with van der Waals surface area (Å²) in [5, 5.41) is 0.414. The fraction of sp³-hybridized carbons (Fsp3) is 0.571.